The van der Waals surface area contributed by atoms with Crippen LogP contribution in [0.1, 0.15) is 27.7 Å². The molecular formula is C13H21NO3. The summed E-state index contributed by atoms with van der Waals surface area (Å²) >= 11 is 0. The molecule has 0 atom stereocenters. The van der Waals surface area contributed by atoms with Gasteiger partial charge in [0.05, 0.1) is 6.54 Å². The molecule has 17 heavy (non-hydrogen) atoms. The minimum Gasteiger partial charge on any atom is -0.460 e. The Kier molecular flexibility index (Phi) is 5.65. The van der Waals surface area contributed by atoms with Crippen LogP contribution in [0.15, 0.2) is 24.8 Å². The first kappa shape index (κ1) is 15.4. The Morgan fingerprint density at radius 1 is 1.35 bits per heavy atom. The van der Waals surface area contributed by atoms with Gasteiger partial charge in [0, 0.05) is 11.1 Å². The van der Waals surface area contributed by atoms with Crippen molar-refractivity contribution >= 4 is 11.9 Å². The average molecular weight is 239 g/mol. The van der Waals surface area contributed by atoms with Crippen molar-refractivity contribution < 1.29 is 14.3 Å². The van der Waals surface area contributed by atoms with Gasteiger partial charge in [0.15, 0.2) is 0 Å². The molecule has 0 fully saturated rings. The molecule has 0 radical (unpaired) electrons. The highest BCUT2D eigenvalue weighted by atomic mass is 16.5. The van der Waals surface area contributed by atoms with Crippen LogP contribution in [0.4, 0.5) is 0 Å². The van der Waals surface area contributed by atoms with Crippen LogP contribution < -0.4 is 0 Å². The Bertz CT molecular complexity index is 326. The summed E-state index contributed by atoms with van der Waals surface area (Å²) in [6, 6.07) is 0. The Balaban J connectivity index is 4.39. The highest BCUT2D eigenvalue weighted by molar-refractivity contribution is 5.88. The van der Waals surface area contributed by atoms with Crippen molar-refractivity contribution in [3.05, 3.63) is 24.8 Å². The third-order valence-corrected chi connectivity index (χ3v) is 2.15. The zero-order chi connectivity index (χ0) is 13.6. The van der Waals surface area contributed by atoms with Crippen LogP contribution in [0, 0.1) is 0 Å². The number of carbonyl (C=O) groups excluding carboxylic acids is 2. The third kappa shape index (κ3) is 5.33. The summed E-state index contributed by atoms with van der Waals surface area (Å²) in [6.07, 6.45) is 1.26. The van der Waals surface area contributed by atoms with Gasteiger partial charge in [0.25, 0.3) is 0 Å². The van der Waals surface area contributed by atoms with E-state index < -0.39 is 5.97 Å². The average Bonchev–Trinajstić information content (AvgIpc) is 2.21. The summed E-state index contributed by atoms with van der Waals surface area (Å²) in [7, 11) is 0. The Hall–Kier alpha value is -1.58. The van der Waals surface area contributed by atoms with Crippen LogP contribution in [0.5, 0.6) is 0 Å². The lowest BCUT2D eigenvalue weighted by Crippen LogP contribution is -2.46. The van der Waals surface area contributed by atoms with Gasteiger partial charge < -0.3 is 9.64 Å². The first-order valence-corrected chi connectivity index (χ1v) is 5.46. The van der Waals surface area contributed by atoms with Crippen LogP contribution in [0.3, 0.4) is 0 Å². The van der Waals surface area contributed by atoms with Crippen LogP contribution in [0.25, 0.3) is 0 Å². The van der Waals surface area contributed by atoms with Gasteiger partial charge in [-0.1, -0.05) is 13.2 Å². The maximum absolute atomic E-state index is 11.6. The topological polar surface area (TPSA) is 46.6 Å². The molecule has 0 saturated heterocycles. The van der Waals surface area contributed by atoms with Gasteiger partial charge in [-0.25, -0.2) is 4.79 Å². The van der Waals surface area contributed by atoms with Crippen molar-refractivity contribution in [1.82, 2.24) is 4.90 Å². The van der Waals surface area contributed by atoms with Gasteiger partial charge in [-0.2, -0.15) is 0 Å². The van der Waals surface area contributed by atoms with Gasteiger partial charge in [-0.3, -0.25) is 4.79 Å². The van der Waals surface area contributed by atoms with E-state index in [4.69, 9.17) is 4.74 Å². The van der Waals surface area contributed by atoms with Gasteiger partial charge >= 0.3 is 5.97 Å². The lowest BCUT2D eigenvalue weighted by Gasteiger charge is -2.34. The fraction of sp³-hybridized carbons (Fsp3) is 0.538. The maximum atomic E-state index is 11.6. The zero-order valence-corrected chi connectivity index (χ0v) is 11.1. The van der Waals surface area contributed by atoms with Gasteiger partial charge in [0.1, 0.15) is 6.61 Å². The van der Waals surface area contributed by atoms with E-state index in [1.165, 1.54) is 6.08 Å². The van der Waals surface area contributed by atoms with Crippen molar-refractivity contribution in [2.24, 2.45) is 0 Å². The molecule has 0 aliphatic rings. The van der Waals surface area contributed by atoms with E-state index in [0.29, 0.717) is 12.1 Å². The van der Waals surface area contributed by atoms with Crippen molar-refractivity contribution in [2.75, 3.05) is 13.2 Å². The van der Waals surface area contributed by atoms with E-state index in [1.807, 2.05) is 20.8 Å². The number of esters is 1. The van der Waals surface area contributed by atoms with E-state index in [-0.39, 0.29) is 18.1 Å². The monoisotopic (exact) mass is 239 g/mol. The van der Waals surface area contributed by atoms with Crippen LogP contribution in [-0.2, 0) is 14.3 Å². The second kappa shape index (κ2) is 6.23. The predicted octanol–water partition coefficient (Wildman–Crippen LogP) is 1.92. The largest absolute Gasteiger partial charge is 0.460 e. The van der Waals surface area contributed by atoms with E-state index in [0.717, 1.165) is 0 Å². The molecule has 1 amide bonds. The van der Waals surface area contributed by atoms with Gasteiger partial charge in [-0.15, -0.1) is 0 Å². The molecule has 0 aliphatic heterocycles. The Morgan fingerprint density at radius 3 is 2.24 bits per heavy atom. The van der Waals surface area contributed by atoms with E-state index in [2.05, 4.69) is 13.2 Å². The van der Waals surface area contributed by atoms with E-state index in [9.17, 15) is 9.59 Å². The van der Waals surface area contributed by atoms with Gasteiger partial charge in [0.2, 0.25) is 5.91 Å². The number of hydrogen-bond donors (Lipinski definition) is 0. The van der Waals surface area contributed by atoms with E-state index in [1.54, 1.807) is 11.8 Å². The lowest BCUT2D eigenvalue weighted by atomic mass is 10.1. The molecular weight excluding hydrogens is 218 g/mol. The molecule has 0 aromatic heterocycles. The van der Waals surface area contributed by atoms with Crippen LogP contribution >= 0.6 is 0 Å². The van der Waals surface area contributed by atoms with Crippen LogP contribution in [0.2, 0.25) is 0 Å². The first-order valence-electron chi connectivity index (χ1n) is 5.46. The van der Waals surface area contributed by atoms with Crippen molar-refractivity contribution in [3.63, 3.8) is 0 Å². The van der Waals surface area contributed by atoms with Crippen LogP contribution in [-0.4, -0.2) is 35.5 Å². The smallest absolute Gasteiger partial charge is 0.333 e. The van der Waals surface area contributed by atoms with E-state index >= 15 is 0 Å². The lowest BCUT2D eigenvalue weighted by molar-refractivity contribution is -0.142. The number of hydrogen-bond acceptors (Lipinski definition) is 3. The molecule has 0 saturated carbocycles. The summed E-state index contributed by atoms with van der Waals surface area (Å²) in [5.41, 5.74) is 0.0170. The molecule has 4 heteroatoms. The normalized spacial score (nSPS) is 10.6. The number of rotatable bonds is 5. The number of ether oxygens (including phenoxy) is 1. The minimum atomic E-state index is -0.440. The molecule has 0 N–H and O–H groups in total. The van der Waals surface area contributed by atoms with Gasteiger partial charge in [-0.05, 0) is 33.8 Å². The fourth-order valence-electron chi connectivity index (χ4n) is 1.24. The summed E-state index contributed by atoms with van der Waals surface area (Å²) < 4.78 is 4.96. The molecule has 0 aromatic carbocycles. The summed E-state index contributed by atoms with van der Waals surface area (Å²) in [5, 5.41) is 0. The molecule has 96 valence electrons. The second-order valence-corrected chi connectivity index (χ2v) is 4.78. The predicted molar refractivity (Wildman–Crippen MR) is 67.4 cm³/mol. The zero-order valence-electron chi connectivity index (χ0n) is 11.1. The first-order chi connectivity index (χ1) is 7.70. The summed E-state index contributed by atoms with van der Waals surface area (Å²) in [5.74, 6) is -0.617. The second-order valence-electron chi connectivity index (χ2n) is 4.78. The quantitative estimate of drug-likeness (QED) is 0.544. The number of carbonyl (C=O) groups is 2. The summed E-state index contributed by atoms with van der Waals surface area (Å²) in [4.78, 5) is 24.4. The standard InChI is InChI=1S/C13H21NO3/c1-7-11(15)14(13(4,5)6)8-9-17-12(16)10(2)3/h7H,1-2,8-9H2,3-6H3. The van der Waals surface area contributed by atoms with Crippen molar-refractivity contribution in [2.45, 2.75) is 33.2 Å². The molecule has 0 rings (SSSR count). The fourth-order valence-corrected chi connectivity index (χ4v) is 1.24. The highest BCUT2D eigenvalue weighted by Gasteiger charge is 2.24. The van der Waals surface area contributed by atoms with Crippen molar-refractivity contribution in [1.29, 1.82) is 0 Å². The molecule has 0 aromatic rings. The highest BCUT2D eigenvalue weighted by Crippen LogP contribution is 2.13. The number of amides is 1. The molecule has 0 unspecified atom stereocenters. The SMILES string of the molecule is C=CC(=O)N(CCOC(=O)C(=C)C)C(C)(C)C. The Labute approximate surface area is 103 Å². The molecule has 0 heterocycles. The molecule has 0 aliphatic carbocycles. The molecule has 4 nitrogen and oxygen atoms in total. The maximum Gasteiger partial charge on any atom is 0.333 e. The molecule has 0 spiro atoms. The third-order valence-electron chi connectivity index (χ3n) is 2.15. The minimum absolute atomic E-state index is 0.155. The number of nitrogens with zero attached hydrogens (tertiary/aromatic N) is 1. The summed E-state index contributed by atoms with van der Waals surface area (Å²) in [6.45, 7) is 14.7. The van der Waals surface area contributed by atoms with Crippen molar-refractivity contribution in [3.8, 4) is 0 Å². The molecule has 0 bridgehead atoms. The Morgan fingerprint density at radius 2 is 1.88 bits per heavy atom.